The first-order valence-electron chi connectivity index (χ1n) is 11.7. The van der Waals surface area contributed by atoms with Crippen molar-refractivity contribution in [3.8, 4) is 5.75 Å². The van der Waals surface area contributed by atoms with Crippen molar-refractivity contribution < 1.29 is 19.4 Å². The second kappa shape index (κ2) is 11.2. The Bertz CT molecular complexity index is 925. The molecular weight excluding hydrogens is 458 g/mol. The number of carbonyl (C=O) groups excluding carboxylic acids is 1. The summed E-state index contributed by atoms with van der Waals surface area (Å²) in [7, 11) is 0. The molecule has 1 aromatic heterocycles. The molecule has 1 aromatic carbocycles. The molecule has 0 atom stereocenters. The normalized spacial score (nSPS) is 18.4. The van der Waals surface area contributed by atoms with Crippen LogP contribution in [0.15, 0.2) is 40.7 Å². The summed E-state index contributed by atoms with van der Waals surface area (Å²) in [6.07, 6.45) is 11.8. The third kappa shape index (κ3) is 6.20. The predicted octanol–water partition coefficient (Wildman–Crippen LogP) is 6.23. The van der Waals surface area contributed by atoms with Gasteiger partial charge in [0, 0.05) is 18.9 Å². The van der Waals surface area contributed by atoms with Crippen molar-refractivity contribution in [1.29, 1.82) is 0 Å². The van der Waals surface area contributed by atoms with Crippen LogP contribution in [0.1, 0.15) is 64.2 Å². The number of hydrogen-bond donors (Lipinski definition) is 2. The van der Waals surface area contributed by atoms with Gasteiger partial charge in [-0.05, 0) is 37.8 Å². The highest BCUT2D eigenvalue weighted by atomic mass is 32.2. The molecule has 2 saturated carbocycles. The van der Waals surface area contributed by atoms with E-state index in [9.17, 15) is 9.59 Å². The Hall–Kier alpha value is -2.26. The molecule has 0 saturated heterocycles. The van der Waals surface area contributed by atoms with Gasteiger partial charge < -0.3 is 9.84 Å². The molecule has 2 aliphatic carbocycles. The molecule has 9 heteroatoms. The van der Waals surface area contributed by atoms with E-state index in [0.717, 1.165) is 67.7 Å². The average molecular weight is 490 g/mol. The summed E-state index contributed by atoms with van der Waals surface area (Å²) in [4.78, 5) is 30.9. The maximum Gasteiger partial charge on any atom is 0.327 e. The first-order valence-corrected chi connectivity index (χ1v) is 13.5. The summed E-state index contributed by atoms with van der Waals surface area (Å²) in [5.41, 5.74) is -0.677. The minimum atomic E-state index is -0.875. The number of carbonyl (C=O) groups is 2. The van der Waals surface area contributed by atoms with Gasteiger partial charge in [-0.15, -0.1) is 11.8 Å². The largest absolute Gasteiger partial charge is 0.481 e. The highest BCUT2D eigenvalue weighted by Crippen LogP contribution is 2.40. The Morgan fingerprint density at radius 1 is 1.12 bits per heavy atom. The van der Waals surface area contributed by atoms with Gasteiger partial charge in [0.1, 0.15) is 5.75 Å². The molecule has 4 rings (SSSR count). The smallest absolute Gasteiger partial charge is 0.327 e. The maximum atomic E-state index is 13.8. The molecule has 1 heterocycles. The van der Waals surface area contributed by atoms with Gasteiger partial charge in [-0.2, -0.15) is 0 Å². The standard InChI is InChI=1S/C24H31N3O4S2/c28-20(29)17-32-21-16-25-22(33-21)26-23(30)27(18-10-4-1-5-11-18)24(14-8-3-9-15-24)31-19-12-6-2-7-13-19/h2,6-7,12-13,16,18H,1,3-5,8-11,14-15,17H2,(H,28,29)(H,25,26,30). The number of hydrogen-bond acceptors (Lipinski definition) is 6. The van der Waals surface area contributed by atoms with Crippen molar-refractivity contribution in [2.75, 3.05) is 11.1 Å². The number of aliphatic carboxylic acids is 1. The number of para-hydroxylation sites is 1. The molecule has 7 nitrogen and oxygen atoms in total. The summed E-state index contributed by atoms with van der Waals surface area (Å²) >= 11 is 2.51. The highest BCUT2D eigenvalue weighted by molar-refractivity contribution is 8.01. The van der Waals surface area contributed by atoms with Crippen molar-refractivity contribution >= 4 is 40.2 Å². The minimum absolute atomic E-state index is 0.0300. The van der Waals surface area contributed by atoms with Gasteiger partial charge in [0.15, 0.2) is 10.9 Å². The number of thiazole rings is 1. The molecular formula is C24H31N3O4S2. The van der Waals surface area contributed by atoms with E-state index < -0.39 is 11.7 Å². The van der Waals surface area contributed by atoms with E-state index in [4.69, 9.17) is 9.84 Å². The van der Waals surface area contributed by atoms with Gasteiger partial charge >= 0.3 is 12.0 Å². The molecule has 0 radical (unpaired) electrons. The SMILES string of the molecule is O=C(O)CSc1cnc(NC(=O)N(C2CCCCC2)C2(Oc3ccccc3)CCCCC2)s1. The first kappa shape index (κ1) is 23.9. The third-order valence-corrected chi connectivity index (χ3v) is 8.41. The van der Waals surface area contributed by atoms with Gasteiger partial charge in [-0.3, -0.25) is 15.0 Å². The molecule has 0 unspecified atom stereocenters. The van der Waals surface area contributed by atoms with Crippen LogP contribution in [-0.2, 0) is 4.79 Å². The lowest BCUT2D eigenvalue weighted by Gasteiger charge is -2.50. The Morgan fingerprint density at radius 2 is 1.82 bits per heavy atom. The van der Waals surface area contributed by atoms with Crippen LogP contribution < -0.4 is 10.1 Å². The predicted molar refractivity (Wildman–Crippen MR) is 131 cm³/mol. The molecule has 2 N–H and O–H groups in total. The van der Waals surface area contributed by atoms with Crippen LogP contribution in [0.2, 0.25) is 0 Å². The Labute approximate surface area is 202 Å². The van der Waals surface area contributed by atoms with Crippen molar-refractivity contribution in [2.45, 2.75) is 80.2 Å². The van der Waals surface area contributed by atoms with E-state index >= 15 is 0 Å². The lowest BCUT2D eigenvalue weighted by atomic mass is 9.86. The monoisotopic (exact) mass is 489 g/mol. The molecule has 178 valence electrons. The fourth-order valence-corrected chi connectivity index (χ4v) is 6.48. The van der Waals surface area contributed by atoms with Crippen molar-refractivity contribution in [3.05, 3.63) is 36.5 Å². The summed E-state index contributed by atoms with van der Waals surface area (Å²) in [5, 5.41) is 12.4. The molecule has 0 spiro atoms. The van der Waals surface area contributed by atoms with Crippen LogP contribution in [0, 0.1) is 0 Å². The molecule has 2 aliphatic rings. The number of aromatic nitrogens is 1. The number of anilines is 1. The van der Waals surface area contributed by atoms with E-state index in [2.05, 4.69) is 10.3 Å². The number of rotatable bonds is 8. The number of thioether (sulfide) groups is 1. The zero-order chi connectivity index (χ0) is 23.1. The van der Waals surface area contributed by atoms with Gasteiger partial charge in [0.25, 0.3) is 0 Å². The number of urea groups is 1. The first-order chi connectivity index (χ1) is 16.1. The zero-order valence-corrected chi connectivity index (χ0v) is 20.3. The van der Waals surface area contributed by atoms with Crippen molar-refractivity contribution in [1.82, 2.24) is 9.88 Å². The second-order valence-corrected chi connectivity index (χ2v) is 11.0. The van der Waals surface area contributed by atoms with Crippen molar-refractivity contribution in [3.63, 3.8) is 0 Å². The quantitative estimate of drug-likeness (QED) is 0.338. The molecule has 2 aromatic rings. The van der Waals surface area contributed by atoms with Crippen LogP contribution in [0.3, 0.4) is 0 Å². The van der Waals surface area contributed by atoms with Gasteiger partial charge in [0.2, 0.25) is 0 Å². The molecule has 0 bridgehead atoms. The summed E-state index contributed by atoms with van der Waals surface area (Å²) in [6.45, 7) is 0. The Balaban J connectivity index is 1.59. The molecule has 0 aliphatic heterocycles. The number of nitrogens with zero attached hydrogens (tertiary/aromatic N) is 2. The van der Waals surface area contributed by atoms with Gasteiger partial charge in [-0.25, -0.2) is 9.78 Å². The minimum Gasteiger partial charge on any atom is -0.481 e. The van der Waals surface area contributed by atoms with E-state index in [0.29, 0.717) is 5.13 Å². The number of carboxylic acid groups (broad SMARTS) is 1. The van der Waals surface area contributed by atoms with E-state index in [1.165, 1.54) is 29.5 Å². The summed E-state index contributed by atoms with van der Waals surface area (Å²) in [6, 6.07) is 9.75. The third-order valence-electron chi connectivity index (χ3n) is 6.32. The average Bonchev–Trinajstić information content (AvgIpc) is 3.27. The summed E-state index contributed by atoms with van der Waals surface area (Å²) < 4.78 is 7.43. The number of benzene rings is 1. The Morgan fingerprint density at radius 3 is 2.52 bits per heavy atom. The van der Waals surface area contributed by atoms with Gasteiger partial charge in [-0.1, -0.05) is 55.2 Å². The number of ether oxygens (including phenoxy) is 1. The van der Waals surface area contributed by atoms with Crippen LogP contribution in [0.4, 0.5) is 9.93 Å². The number of amides is 2. The second-order valence-electron chi connectivity index (χ2n) is 8.68. The zero-order valence-electron chi connectivity index (χ0n) is 18.7. The number of nitrogens with one attached hydrogen (secondary N) is 1. The van der Waals surface area contributed by atoms with Crippen LogP contribution in [0.25, 0.3) is 0 Å². The van der Waals surface area contributed by atoms with E-state index in [1.54, 1.807) is 6.20 Å². The summed E-state index contributed by atoms with van der Waals surface area (Å²) in [5.74, 6) is -0.118. The lowest BCUT2D eigenvalue weighted by molar-refractivity contribution is -0.133. The fourth-order valence-electron chi connectivity index (χ4n) is 4.90. The van der Waals surface area contributed by atoms with Crippen LogP contribution in [0.5, 0.6) is 5.75 Å². The van der Waals surface area contributed by atoms with E-state index in [1.807, 2.05) is 35.2 Å². The number of carboxylic acids is 1. The topological polar surface area (TPSA) is 91.8 Å². The molecule has 33 heavy (non-hydrogen) atoms. The molecule has 2 amide bonds. The maximum absolute atomic E-state index is 13.8. The van der Waals surface area contributed by atoms with Crippen LogP contribution >= 0.6 is 23.1 Å². The fraction of sp³-hybridized carbons (Fsp3) is 0.542. The Kier molecular flexibility index (Phi) is 8.14. The van der Waals surface area contributed by atoms with E-state index in [-0.39, 0.29) is 17.8 Å². The molecule has 2 fully saturated rings. The lowest BCUT2D eigenvalue weighted by Crippen LogP contribution is -2.62. The van der Waals surface area contributed by atoms with Gasteiger partial charge in [0.05, 0.1) is 16.2 Å². The highest BCUT2D eigenvalue weighted by Gasteiger charge is 2.46. The van der Waals surface area contributed by atoms with Crippen molar-refractivity contribution in [2.24, 2.45) is 0 Å². The van der Waals surface area contributed by atoms with Crippen LogP contribution in [-0.4, -0.2) is 44.5 Å².